The average Bonchev–Trinajstić information content (AvgIpc) is 3.71. The van der Waals surface area contributed by atoms with Crippen LogP contribution in [0.4, 0.5) is 0 Å². The van der Waals surface area contributed by atoms with Gasteiger partial charge in [-0.2, -0.15) is 0 Å². The molecular weight excluding hydrogens is 1110 g/mol. The Labute approximate surface area is 541 Å². The van der Waals surface area contributed by atoms with Gasteiger partial charge in [0.1, 0.15) is 19.3 Å². The predicted molar refractivity (Wildman–Crippen MR) is 380 cm³/mol. The summed E-state index contributed by atoms with van der Waals surface area (Å²) in [6.45, 7) is 6.58. The van der Waals surface area contributed by atoms with E-state index >= 15 is 0 Å². The highest BCUT2D eigenvalue weighted by atomic mass is 31.2. The van der Waals surface area contributed by atoms with E-state index in [1.54, 1.807) is 0 Å². The van der Waals surface area contributed by atoms with Gasteiger partial charge in [-0.15, -0.1) is 0 Å². The van der Waals surface area contributed by atoms with Crippen LogP contribution in [0.2, 0.25) is 0 Å². The van der Waals surface area contributed by atoms with Crippen LogP contribution < -0.4 is 10.2 Å². The number of esters is 1. The van der Waals surface area contributed by atoms with Crippen LogP contribution in [0.3, 0.4) is 0 Å². The van der Waals surface area contributed by atoms with E-state index in [2.05, 4.69) is 172 Å². The van der Waals surface area contributed by atoms with Crippen LogP contribution in [0, 0.1) is 0 Å². The first-order valence-corrected chi connectivity index (χ1v) is 36.8. The van der Waals surface area contributed by atoms with Crippen molar-refractivity contribution in [3.63, 3.8) is 0 Å². The fourth-order valence-electron chi connectivity index (χ4n) is 9.35. The number of likely N-dealkylation sites (N-methyl/N-ethyl adjacent to an activating group) is 1. The van der Waals surface area contributed by atoms with Crippen molar-refractivity contribution in [1.29, 1.82) is 0 Å². The number of rotatable bonds is 62. The molecule has 0 aromatic carbocycles. The van der Waals surface area contributed by atoms with Crippen molar-refractivity contribution in [3.05, 3.63) is 158 Å². The lowest BCUT2D eigenvalue weighted by Crippen LogP contribution is -2.47. The standard InChI is InChI=1S/C78H131N2O7P/c1-7-10-13-16-19-22-25-28-30-32-34-36-38-40-42-44-46-48-50-52-55-58-61-64-67-70-77(81)79-75(74-86-88(83,84)85-73-72-80(4,5)6)76(69-66-63-60-57-54-27-24-21-18-15-12-9-3)87-78(82)71-68-65-62-59-56-53-51-49-47-45-43-41-39-37-35-33-31-29-26-23-20-17-14-11-8-2/h10-11,13-14,19-20,22-23,28-31,34-37,40-43,46-49,66,69,75-76H,7-9,12,15-18,21,24-27,32-33,38-39,44-45,50-65,67-68,70-74H2,1-6H3,(H-,79,81,83,84)/b13-10-,14-11-,22-19-,23-20-,30-28-,31-29-,36-34-,37-35-,42-40-,43-41-,48-46-,49-47-,69-66+. The number of carbonyl (C=O) groups excluding carboxylic acids is 2. The van der Waals surface area contributed by atoms with Crippen LogP contribution >= 0.6 is 7.82 Å². The van der Waals surface area contributed by atoms with Crippen LogP contribution in [-0.2, 0) is 27.9 Å². The Kier molecular flexibility index (Phi) is 62.3. The normalized spacial score (nSPS) is 14.5. The third kappa shape index (κ3) is 66.1. The third-order valence-electron chi connectivity index (χ3n) is 14.7. The summed E-state index contributed by atoms with van der Waals surface area (Å²) in [5, 5.41) is 3.03. The van der Waals surface area contributed by atoms with E-state index in [1.807, 2.05) is 33.3 Å². The smallest absolute Gasteiger partial charge is 0.306 e. The van der Waals surface area contributed by atoms with E-state index in [9.17, 15) is 19.0 Å². The van der Waals surface area contributed by atoms with Gasteiger partial charge in [0.2, 0.25) is 5.91 Å². The number of ether oxygens (including phenoxy) is 1. The molecule has 0 aliphatic heterocycles. The van der Waals surface area contributed by atoms with E-state index in [0.717, 1.165) is 173 Å². The van der Waals surface area contributed by atoms with Crippen LogP contribution in [0.15, 0.2) is 158 Å². The largest absolute Gasteiger partial charge is 0.756 e. The number of hydrogen-bond acceptors (Lipinski definition) is 7. The van der Waals surface area contributed by atoms with E-state index in [4.69, 9.17) is 13.8 Å². The van der Waals surface area contributed by atoms with Gasteiger partial charge in [0.25, 0.3) is 7.82 Å². The Morgan fingerprint density at radius 1 is 0.409 bits per heavy atom. The average molecular weight is 1240 g/mol. The number of nitrogens with zero attached hydrogens (tertiary/aromatic N) is 1. The maximum atomic E-state index is 13.6. The summed E-state index contributed by atoms with van der Waals surface area (Å²) >= 11 is 0. The summed E-state index contributed by atoms with van der Waals surface area (Å²) in [6.07, 6.45) is 96.4. The van der Waals surface area contributed by atoms with Gasteiger partial charge in [-0.25, -0.2) is 0 Å². The summed E-state index contributed by atoms with van der Waals surface area (Å²) in [5.41, 5.74) is 0. The Morgan fingerprint density at radius 3 is 1.09 bits per heavy atom. The molecule has 3 unspecified atom stereocenters. The minimum Gasteiger partial charge on any atom is -0.756 e. The molecule has 1 amide bonds. The fourth-order valence-corrected chi connectivity index (χ4v) is 10.1. The summed E-state index contributed by atoms with van der Waals surface area (Å²) in [6, 6.07) is -0.917. The summed E-state index contributed by atoms with van der Waals surface area (Å²) in [7, 11) is 1.14. The summed E-state index contributed by atoms with van der Waals surface area (Å²) in [5.74, 6) is -0.585. The number of nitrogens with one attached hydrogen (secondary N) is 1. The van der Waals surface area contributed by atoms with Gasteiger partial charge in [-0.1, -0.05) is 282 Å². The molecule has 0 aliphatic rings. The van der Waals surface area contributed by atoms with Gasteiger partial charge in [0.05, 0.1) is 33.8 Å². The number of amides is 1. The minimum atomic E-state index is -4.73. The zero-order valence-electron chi connectivity index (χ0n) is 57.1. The molecule has 0 bridgehead atoms. The maximum absolute atomic E-state index is 13.6. The van der Waals surface area contributed by atoms with Crippen LogP contribution in [0.25, 0.3) is 0 Å². The number of unbranched alkanes of at least 4 members (excludes halogenated alkanes) is 22. The van der Waals surface area contributed by atoms with Crippen molar-refractivity contribution in [2.45, 2.75) is 283 Å². The SMILES string of the molecule is CC/C=C\C/C=C\C/C=C\C/C=C\C/C=C\C/C=C\CCCCCCCCC(=O)NC(COP(=O)([O-])OCC[N+](C)(C)C)C(/C=C/CCCCCCCCCCCC)OC(=O)CCCCCCCC/C=C\C/C=C\C/C=C\C/C=C\C/C=C\C/C=C\CC. The third-order valence-corrected chi connectivity index (χ3v) is 15.7. The van der Waals surface area contributed by atoms with E-state index < -0.39 is 26.6 Å². The fraction of sp³-hybridized carbons (Fsp3) is 0.641. The second kappa shape index (κ2) is 65.6. The molecule has 0 heterocycles. The van der Waals surface area contributed by atoms with Crippen LogP contribution in [0.5, 0.6) is 0 Å². The van der Waals surface area contributed by atoms with Gasteiger partial charge in [-0.3, -0.25) is 14.2 Å². The molecule has 88 heavy (non-hydrogen) atoms. The number of phosphoric acid groups is 1. The molecule has 1 N–H and O–H groups in total. The van der Waals surface area contributed by atoms with Crippen molar-refractivity contribution in [1.82, 2.24) is 5.32 Å². The number of carbonyl (C=O) groups is 2. The molecule has 0 aromatic rings. The highest BCUT2D eigenvalue weighted by Gasteiger charge is 2.27. The molecule has 0 spiro atoms. The highest BCUT2D eigenvalue weighted by Crippen LogP contribution is 2.38. The van der Waals surface area contributed by atoms with Gasteiger partial charge in [0, 0.05) is 12.8 Å². The second-order valence-corrected chi connectivity index (χ2v) is 25.7. The van der Waals surface area contributed by atoms with E-state index in [-0.39, 0.29) is 31.3 Å². The Hall–Kier alpha value is -4.37. The number of allylic oxidation sites excluding steroid dienone is 25. The molecule has 0 saturated heterocycles. The number of phosphoric ester groups is 1. The first-order valence-electron chi connectivity index (χ1n) is 35.3. The molecule has 10 heteroatoms. The van der Waals surface area contributed by atoms with Crippen molar-refractivity contribution >= 4 is 19.7 Å². The second-order valence-electron chi connectivity index (χ2n) is 24.3. The van der Waals surface area contributed by atoms with Crippen LogP contribution in [-0.4, -0.2) is 69.4 Å². The molecule has 0 saturated carbocycles. The highest BCUT2D eigenvalue weighted by molar-refractivity contribution is 7.45. The Bertz CT molecular complexity index is 2060. The van der Waals surface area contributed by atoms with Gasteiger partial charge < -0.3 is 28.5 Å². The summed E-state index contributed by atoms with van der Waals surface area (Å²) < 4.78 is 30.4. The molecule has 0 radical (unpaired) electrons. The van der Waals surface area contributed by atoms with Crippen LogP contribution in [0.1, 0.15) is 271 Å². The molecule has 0 rings (SSSR count). The zero-order chi connectivity index (χ0) is 64.2. The van der Waals surface area contributed by atoms with Crippen molar-refractivity contribution in [2.24, 2.45) is 0 Å². The van der Waals surface area contributed by atoms with E-state index in [0.29, 0.717) is 23.9 Å². The number of hydrogen-bond donors (Lipinski definition) is 1. The van der Waals surface area contributed by atoms with Crippen molar-refractivity contribution in [2.75, 3.05) is 40.9 Å². The molecule has 500 valence electrons. The van der Waals surface area contributed by atoms with Crippen molar-refractivity contribution < 1.29 is 37.3 Å². The first-order chi connectivity index (χ1) is 42.9. The lowest BCUT2D eigenvalue weighted by Gasteiger charge is -2.30. The Balaban J connectivity index is 5.18. The molecule has 0 fully saturated rings. The van der Waals surface area contributed by atoms with Crippen molar-refractivity contribution in [3.8, 4) is 0 Å². The molecule has 9 nitrogen and oxygen atoms in total. The van der Waals surface area contributed by atoms with Gasteiger partial charge in [0.15, 0.2) is 0 Å². The lowest BCUT2D eigenvalue weighted by molar-refractivity contribution is -0.870. The monoisotopic (exact) mass is 1240 g/mol. The quantitative estimate of drug-likeness (QED) is 0.0212. The van der Waals surface area contributed by atoms with Gasteiger partial charge >= 0.3 is 5.97 Å². The first kappa shape index (κ1) is 83.6. The number of quaternary nitrogens is 1. The zero-order valence-corrected chi connectivity index (χ0v) is 58.0. The summed E-state index contributed by atoms with van der Waals surface area (Å²) in [4.78, 5) is 40.2. The predicted octanol–water partition coefficient (Wildman–Crippen LogP) is 22.1. The van der Waals surface area contributed by atoms with Gasteiger partial charge in [-0.05, 0) is 134 Å². The molecule has 3 atom stereocenters. The van der Waals surface area contributed by atoms with E-state index in [1.165, 1.54) is 51.4 Å². The lowest BCUT2D eigenvalue weighted by atomic mass is 10.0. The molecule has 0 aliphatic carbocycles. The minimum absolute atomic E-state index is 0.0372. The Morgan fingerprint density at radius 2 is 0.727 bits per heavy atom. The molecule has 0 aromatic heterocycles. The topological polar surface area (TPSA) is 114 Å². The molecular formula is C78H131N2O7P. The maximum Gasteiger partial charge on any atom is 0.306 e.